The molecule has 0 bridgehead atoms. The molecular weight excluding hydrogens is 446 g/mol. The molecule has 0 radical (unpaired) electrons. The van der Waals surface area contributed by atoms with E-state index in [-0.39, 0.29) is 18.7 Å². The SMILES string of the molecule is OC(Cn1cncn1)(Cn1cnc(SCc2cccc(Cl)c2)n1)c1ccc(F)cc1F. The highest BCUT2D eigenvalue weighted by molar-refractivity contribution is 7.98. The Labute approximate surface area is 185 Å². The van der Waals surface area contributed by atoms with Gasteiger partial charge in [-0.1, -0.05) is 41.6 Å². The standard InChI is InChI=1S/C20H17ClF2N6OS/c21-15-3-1-2-14(6-15)8-31-19-25-13-29(27-19)10-20(30,9-28-12-24-11-26-28)17-5-4-16(22)7-18(17)23/h1-7,11-13,30H,8-10H2. The summed E-state index contributed by atoms with van der Waals surface area (Å²) in [7, 11) is 0. The number of aliphatic hydroxyl groups is 1. The maximum atomic E-state index is 14.5. The molecule has 0 amide bonds. The molecule has 7 nitrogen and oxygen atoms in total. The first-order valence-corrected chi connectivity index (χ1v) is 10.5. The summed E-state index contributed by atoms with van der Waals surface area (Å²) in [5, 5.41) is 20.9. The van der Waals surface area contributed by atoms with E-state index in [2.05, 4.69) is 20.2 Å². The topological polar surface area (TPSA) is 81.6 Å². The number of aromatic nitrogens is 6. The van der Waals surface area contributed by atoms with E-state index in [0.717, 1.165) is 17.7 Å². The van der Waals surface area contributed by atoms with E-state index >= 15 is 0 Å². The van der Waals surface area contributed by atoms with Crippen molar-refractivity contribution in [3.05, 3.63) is 89.2 Å². The minimum Gasteiger partial charge on any atom is -0.381 e. The highest BCUT2D eigenvalue weighted by Crippen LogP contribution is 2.29. The maximum Gasteiger partial charge on any atom is 0.208 e. The van der Waals surface area contributed by atoms with E-state index in [1.165, 1.54) is 46.2 Å². The van der Waals surface area contributed by atoms with Gasteiger partial charge in [-0.3, -0.25) is 0 Å². The molecule has 0 aliphatic heterocycles. The first-order chi connectivity index (χ1) is 14.9. The summed E-state index contributed by atoms with van der Waals surface area (Å²) < 4.78 is 30.7. The fourth-order valence-corrected chi connectivity index (χ4v) is 4.10. The second-order valence-electron chi connectivity index (χ2n) is 6.89. The lowest BCUT2D eigenvalue weighted by Gasteiger charge is -2.28. The van der Waals surface area contributed by atoms with Gasteiger partial charge < -0.3 is 5.11 Å². The number of nitrogens with zero attached hydrogens (tertiary/aromatic N) is 6. The van der Waals surface area contributed by atoms with Gasteiger partial charge in [0.25, 0.3) is 0 Å². The van der Waals surface area contributed by atoms with Crippen LogP contribution in [0, 0.1) is 11.6 Å². The molecule has 0 aliphatic rings. The number of thioether (sulfide) groups is 1. The van der Waals surface area contributed by atoms with E-state index in [0.29, 0.717) is 15.9 Å². The fourth-order valence-electron chi connectivity index (χ4n) is 3.13. The van der Waals surface area contributed by atoms with Gasteiger partial charge in [0.15, 0.2) is 0 Å². The van der Waals surface area contributed by atoms with E-state index in [1.54, 1.807) is 6.07 Å². The second-order valence-corrected chi connectivity index (χ2v) is 8.27. The minimum atomic E-state index is -1.77. The first-order valence-electron chi connectivity index (χ1n) is 9.18. The van der Waals surface area contributed by atoms with Crippen LogP contribution in [0.1, 0.15) is 11.1 Å². The average Bonchev–Trinajstić information content (AvgIpc) is 3.38. The smallest absolute Gasteiger partial charge is 0.208 e. The van der Waals surface area contributed by atoms with Crippen LogP contribution in [0.5, 0.6) is 0 Å². The summed E-state index contributed by atoms with van der Waals surface area (Å²) in [5.74, 6) is -0.983. The van der Waals surface area contributed by atoms with E-state index in [9.17, 15) is 13.9 Å². The number of hydrogen-bond acceptors (Lipinski definition) is 6. The van der Waals surface area contributed by atoms with Crippen LogP contribution in [-0.2, 0) is 24.4 Å². The molecule has 2 aromatic heterocycles. The third-order valence-corrected chi connectivity index (χ3v) is 5.68. The number of rotatable bonds is 8. The summed E-state index contributed by atoms with van der Waals surface area (Å²) in [6.07, 6.45) is 4.16. The van der Waals surface area contributed by atoms with Crippen LogP contribution in [0.3, 0.4) is 0 Å². The van der Waals surface area contributed by atoms with Gasteiger partial charge >= 0.3 is 0 Å². The van der Waals surface area contributed by atoms with Gasteiger partial charge in [-0.15, -0.1) is 5.10 Å². The van der Waals surface area contributed by atoms with Crippen LogP contribution in [-0.4, -0.2) is 34.6 Å². The van der Waals surface area contributed by atoms with Gasteiger partial charge in [-0.25, -0.2) is 28.1 Å². The minimum absolute atomic E-state index is 0.0759. The molecule has 160 valence electrons. The Morgan fingerprint density at radius 3 is 2.65 bits per heavy atom. The highest BCUT2D eigenvalue weighted by Gasteiger charge is 2.34. The first kappa shape index (κ1) is 21.4. The Morgan fingerprint density at radius 1 is 1.06 bits per heavy atom. The zero-order valence-electron chi connectivity index (χ0n) is 16.1. The fraction of sp³-hybridized carbons (Fsp3) is 0.200. The highest BCUT2D eigenvalue weighted by atomic mass is 35.5. The molecule has 1 atom stereocenters. The van der Waals surface area contributed by atoms with Gasteiger partial charge in [0.1, 0.15) is 36.2 Å². The summed E-state index contributed by atoms with van der Waals surface area (Å²) in [5.41, 5.74) is -0.827. The van der Waals surface area contributed by atoms with Gasteiger partial charge in [0, 0.05) is 22.4 Å². The van der Waals surface area contributed by atoms with Crippen LogP contribution < -0.4 is 0 Å². The molecule has 0 spiro atoms. The van der Waals surface area contributed by atoms with E-state index < -0.39 is 17.2 Å². The third kappa shape index (κ3) is 5.27. The molecule has 2 heterocycles. The summed E-state index contributed by atoms with van der Waals surface area (Å²) in [4.78, 5) is 8.09. The van der Waals surface area contributed by atoms with E-state index in [4.69, 9.17) is 11.6 Å². The zero-order chi connectivity index (χ0) is 21.8. The molecule has 0 saturated heterocycles. The normalized spacial score (nSPS) is 13.3. The average molecular weight is 463 g/mol. The predicted octanol–water partition coefficient (Wildman–Crippen LogP) is 3.68. The molecule has 1 unspecified atom stereocenters. The quantitative estimate of drug-likeness (QED) is 0.402. The largest absolute Gasteiger partial charge is 0.381 e. The van der Waals surface area contributed by atoms with Crippen molar-refractivity contribution >= 4 is 23.4 Å². The molecule has 4 aromatic rings. The maximum absolute atomic E-state index is 14.5. The molecule has 1 N–H and O–H groups in total. The molecule has 31 heavy (non-hydrogen) atoms. The van der Waals surface area contributed by atoms with Crippen molar-refractivity contribution in [2.45, 2.75) is 29.6 Å². The number of hydrogen-bond donors (Lipinski definition) is 1. The molecule has 4 rings (SSSR count). The van der Waals surface area contributed by atoms with Crippen LogP contribution in [0.4, 0.5) is 8.78 Å². The van der Waals surface area contributed by atoms with Crippen LogP contribution in [0.2, 0.25) is 5.02 Å². The van der Waals surface area contributed by atoms with E-state index in [1.807, 2.05) is 18.2 Å². The Balaban J connectivity index is 1.54. The van der Waals surface area contributed by atoms with Crippen LogP contribution in [0.25, 0.3) is 0 Å². The van der Waals surface area contributed by atoms with Crippen molar-refractivity contribution in [1.29, 1.82) is 0 Å². The van der Waals surface area contributed by atoms with Crippen molar-refractivity contribution in [3.63, 3.8) is 0 Å². The Kier molecular flexibility index (Phi) is 6.30. The van der Waals surface area contributed by atoms with Gasteiger partial charge in [0.05, 0.1) is 13.1 Å². The molecule has 11 heteroatoms. The second kappa shape index (κ2) is 9.13. The van der Waals surface area contributed by atoms with Crippen molar-refractivity contribution in [2.24, 2.45) is 0 Å². The van der Waals surface area contributed by atoms with Crippen molar-refractivity contribution in [3.8, 4) is 0 Å². The number of halogens is 3. The van der Waals surface area contributed by atoms with Gasteiger partial charge in [0.2, 0.25) is 5.16 Å². The van der Waals surface area contributed by atoms with Gasteiger partial charge in [-0.2, -0.15) is 5.10 Å². The summed E-state index contributed by atoms with van der Waals surface area (Å²) in [6.45, 7) is -0.236. The molecular formula is C20H17ClF2N6OS. The number of benzene rings is 2. The lowest BCUT2D eigenvalue weighted by molar-refractivity contribution is -0.00878. The lowest BCUT2D eigenvalue weighted by Crippen LogP contribution is -2.37. The monoisotopic (exact) mass is 462 g/mol. The molecule has 0 fully saturated rings. The van der Waals surface area contributed by atoms with Crippen molar-refractivity contribution in [1.82, 2.24) is 29.5 Å². The van der Waals surface area contributed by atoms with Crippen LogP contribution >= 0.6 is 23.4 Å². The zero-order valence-corrected chi connectivity index (χ0v) is 17.6. The predicted molar refractivity (Wildman–Crippen MR) is 111 cm³/mol. The summed E-state index contributed by atoms with van der Waals surface area (Å²) >= 11 is 7.41. The lowest BCUT2D eigenvalue weighted by atomic mass is 9.93. The Morgan fingerprint density at radius 2 is 1.90 bits per heavy atom. The molecule has 0 saturated carbocycles. The summed E-state index contributed by atoms with van der Waals surface area (Å²) in [6, 6.07) is 10.5. The van der Waals surface area contributed by atoms with Crippen molar-refractivity contribution in [2.75, 3.05) is 0 Å². The molecule has 2 aromatic carbocycles. The third-order valence-electron chi connectivity index (χ3n) is 4.52. The Hall–Kier alpha value is -2.82. The Bertz CT molecular complexity index is 1170. The molecule has 0 aliphatic carbocycles. The van der Waals surface area contributed by atoms with Crippen molar-refractivity contribution < 1.29 is 13.9 Å². The van der Waals surface area contributed by atoms with Crippen LogP contribution in [0.15, 0.2) is 66.6 Å². The van der Waals surface area contributed by atoms with Gasteiger partial charge in [-0.05, 0) is 23.8 Å².